The van der Waals surface area contributed by atoms with Crippen molar-refractivity contribution in [3.8, 4) is 0 Å². The Kier molecular flexibility index (Phi) is 2.67. The maximum Gasteiger partial charge on any atom is 0.215 e. The van der Waals surface area contributed by atoms with Gasteiger partial charge >= 0.3 is 0 Å². The molecule has 4 nitrogen and oxygen atoms in total. The molecule has 0 amide bonds. The van der Waals surface area contributed by atoms with Crippen molar-refractivity contribution in [1.82, 2.24) is 0 Å². The van der Waals surface area contributed by atoms with Crippen LogP contribution in [0.25, 0.3) is 0 Å². The number of ether oxygens (including phenoxy) is 3. The minimum atomic E-state index is -0.819. The molecule has 2 atom stereocenters. The van der Waals surface area contributed by atoms with Crippen molar-refractivity contribution in [2.45, 2.75) is 25.2 Å². The minimum Gasteiger partial charge on any atom is -0.369 e. The third kappa shape index (κ3) is 1.61. The van der Waals surface area contributed by atoms with Crippen LogP contribution in [0.1, 0.15) is 13.3 Å². The quantitative estimate of drug-likeness (QED) is 0.654. The molecule has 1 heterocycles. The van der Waals surface area contributed by atoms with E-state index in [4.69, 9.17) is 14.2 Å². The zero-order chi connectivity index (χ0) is 10.0. The lowest BCUT2D eigenvalue weighted by Crippen LogP contribution is -2.54. The number of rotatable bonds is 2. The number of fused-ring (bicyclic) bond motifs is 1. The van der Waals surface area contributed by atoms with Gasteiger partial charge in [-0.25, -0.2) is 0 Å². The van der Waals surface area contributed by atoms with Crippen LogP contribution in [-0.2, 0) is 19.0 Å². The molecular formula is C10H14O4. The van der Waals surface area contributed by atoms with Crippen LogP contribution in [0.15, 0.2) is 12.2 Å². The maximum absolute atomic E-state index is 11.2. The monoisotopic (exact) mass is 198 g/mol. The maximum atomic E-state index is 11.2. The minimum absolute atomic E-state index is 0.0656. The van der Waals surface area contributed by atoms with E-state index >= 15 is 0 Å². The summed E-state index contributed by atoms with van der Waals surface area (Å²) in [6.07, 6.45) is 3.25. The second-order valence-corrected chi connectivity index (χ2v) is 3.37. The molecule has 78 valence electrons. The Morgan fingerprint density at radius 2 is 2.50 bits per heavy atom. The summed E-state index contributed by atoms with van der Waals surface area (Å²) in [7, 11) is 0. The van der Waals surface area contributed by atoms with E-state index in [1.807, 2.05) is 6.92 Å². The molecule has 1 fully saturated rings. The van der Waals surface area contributed by atoms with Crippen LogP contribution >= 0.6 is 0 Å². The van der Waals surface area contributed by atoms with E-state index in [-0.39, 0.29) is 11.9 Å². The van der Waals surface area contributed by atoms with E-state index in [0.29, 0.717) is 26.2 Å². The Morgan fingerprint density at radius 3 is 3.29 bits per heavy atom. The average molecular weight is 198 g/mol. The summed E-state index contributed by atoms with van der Waals surface area (Å²) < 4.78 is 16.6. The second kappa shape index (κ2) is 3.81. The van der Waals surface area contributed by atoms with Gasteiger partial charge in [-0.1, -0.05) is 0 Å². The SMILES string of the molecule is CCO[C@@]12C=CC(=O)C[C@@H]1OCCO2. The number of hydrogen-bond acceptors (Lipinski definition) is 4. The van der Waals surface area contributed by atoms with Crippen LogP contribution in [0.3, 0.4) is 0 Å². The first kappa shape index (κ1) is 9.83. The lowest BCUT2D eigenvalue weighted by atomic mass is 9.96. The zero-order valence-electron chi connectivity index (χ0n) is 8.19. The van der Waals surface area contributed by atoms with Gasteiger partial charge in [-0.05, 0) is 19.1 Å². The molecule has 4 heteroatoms. The molecule has 2 rings (SSSR count). The van der Waals surface area contributed by atoms with Gasteiger partial charge in [0.25, 0.3) is 0 Å². The Hall–Kier alpha value is -0.710. The fourth-order valence-electron chi connectivity index (χ4n) is 1.83. The standard InChI is InChI=1S/C10H14O4/c1-2-13-10-4-3-8(11)7-9(10)12-5-6-14-10/h3-4,9H,2,5-7H2,1H3/t9-,10+/m0/s1. The highest BCUT2D eigenvalue weighted by atomic mass is 16.7. The van der Waals surface area contributed by atoms with Crippen molar-refractivity contribution < 1.29 is 19.0 Å². The van der Waals surface area contributed by atoms with E-state index < -0.39 is 5.79 Å². The van der Waals surface area contributed by atoms with Crippen LogP contribution in [0.2, 0.25) is 0 Å². The van der Waals surface area contributed by atoms with Gasteiger partial charge in [0.2, 0.25) is 5.79 Å². The summed E-state index contributed by atoms with van der Waals surface area (Å²) in [6, 6.07) is 0. The molecule has 0 N–H and O–H groups in total. The highest BCUT2D eigenvalue weighted by Gasteiger charge is 2.45. The van der Waals surface area contributed by atoms with Gasteiger partial charge in [0.05, 0.1) is 13.2 Å². The molecule has 0 aromatic rings. The molecule has 0 unspecified atom stereocenters. The fraction of sp³-hybridized carbons (Fsp3) is 0.700. The molecule has 0 aromatic carbocycles. The zero-order valence-corrected chi connectivity index (χ0v) is 8.19. The summed E-state index contributed by atoms with van der Waals surface area (Å²) in [5.74, 6) is -0.753. The van der Waals surface area contributed by atoms with Crippen molar-refractivity contribution in [1.29, 1.82) is 0 Å². The summed E-state index contributed by atoms with van der Waals surface area (Å²) in [6.45, 7) is 3.47. The Morgan fingerprint density at radius 1 is 1.64 bits per heavy atom. The summed E-state index contributed by atoms with van der Waals surface area (Å²) in [5.41, 5.74) is 0. The van der Waals surface area contributed by atoms with Crippen molar-refractivity contribution in [3.63, 3.8) is 0 Å². The Labute approximate surface area is 82.8 Å². The summed E-state index contributed by atoms with van der Waals surface area (Å²) in [5, 5.41) is 0. The van der Waals surface area contributed by atoms with Gasteiger partial charge in [0.1, 0.15) is 6.10 Å². The van der Waals surface area contributed by atoms with Crippen molar-refractivity contribution in [3.05, 3.63) is 12.2 Å². The lowest BCUT2D eigenvalue weighted by Gasteiger charge is -2.42. The van der Waals surface area contributed by atoms with Crippen molar-refractivity contribution >= 4 is 5.78 Å². The predicted octanol–water partition coefficient (Wildman–Crippen LogP) is 0.664. The lowest BCUT2D eigenvalue weighted by molar-refractivity contribution is -0.298. The molecule has 0 saturated carbocycles. The molecule has 1 aliphatic carbocycles. The van der Waals surface area contributed by atoms with Gasteiger partial charge < -0.3 is 14.2 Å². The molecular weight excluding hydrogens is 184 g/mol. The van der Waals surface area contributed by atoms with Crippen LogP contribution in [0.4, 0.5) is 0 Å². The van der Waals surface area contributed by atoms with Crippen molar-refractivity contribution in [2.24, 2.45) is 0 Å². The molecule has 2 aliphatic rings. The van der Waals surface area contributed by atoms with E-state index in [1.54, 1.807) is 6.08 Å². The first-order valence-corrected chi connectivity index (χ1v) is 4.88. The highest BCUT2D eigenvalue weighted by Crippen LogP contribution is 2.31. The topological polar surface area (TPSA) is 44.8 Å². The third-order valence-electron chi connectivity index (χ3n) is 2.44. The summed E-state index contributed by atoms with van der Waals surface area (Å²) in [4.78, 5) is 11.2. The number of allylic oxidation sites excluding steroid dienone is 1. The van der Waals surface area contributed by atoms with Gasteiger partial charge in [-0.3, -0.25) is 4.79 Å². The normalized spacial score (nSPS) is 36.9. The van der Waals surface area contributed by atoms with Crippen LogP contribution in [0, 0.1) is 0 Å². The number of carbonyl (C=O) groups excluding carboxylic acids is 1. The van der Waals surface area contributed by atoms with Gasteiger partial charge in [0, 0.05) is 13.0 Å². The largest absolute Gasteiger partial charge is 0.369 e. The first-order valence-electron chi connectivity index (χ1n) is 4.88. The van der Waals surface area contributed by atoms with E-state index in [2.05, 4.69) is 0 Å². The molecule has 0 radical (unpaired) electrons. The molecule has 14 heavy (non-hydrogen) atoms. The highest BCUT2D eigenvalue weighted by molar-refractivity contribution is 5.91. The van der Waals surface area contributed by atoms with E-state index in [0.717, 1.165) is 0 Å². The van der Waals surface area contributed by atoms with Crippen LogP contribution in [-0.4, -0.2) is 37.5 Å². The van der Waals surface area contributed by atoms with Gasteiger partial charge in [0.15, 0.2) is 5.78 Å². The number of hydrogen-bond donors (Lipinski definition) is 0. The predicted molar refractivity (Wildman–Crippen MR) is 48.8 cm³/mol. The summed E-state index contributed by atoms with van der Waals surface area (Å²) >= 11 is 0. The molecule has 0 bridgehead atoms. The first-order chi connectivity index (χ1) is 6.77. The third-order valence-corrected chi connectivity index (χ3v) is 2.44. The number of carbonyl (C=O) groups is 1. The second-order valence-electron chi connectivity index (χ2n) is 3.37. The van der Waals surface area contributed by atoms with Gasteiger partial charge in [-0.15, -0.1) is 0 Å². The van der Waals surface area contributed by atoms with Crippen LogP contribution < -0.4 is 0 Å². The molecule has 1 aliphatic heterocycles. The number of ketones is 1. The smallest absolute Gasteiger partial charge is 0.215 e. The Balaban J connectivity index is 2.22. The van der Waals surface area contributed by atoms with Crippen molar-refractivity contribution in [2.75, 3.05) is 19.8 Å². The van der Waals surface area contributed by atoms with E-state index in [9.17, 15) is 4.79 Å². The molecule has 0 aromatic heterocycles. The average Bonchev–Trinajstić information content (AvgIpc) is 2.19. The molecule has 1 saturated heterocycles. The Bertz CT molecular complexity index is 257. The molecule has 0 spiro atoms. The van der Waals surface area contributed by atoms with E-state index in [1.165, 1.54) is 6.08 Å². The van der Waals surface area contributed by atoms with Crippen LogP contribution in [0.5, 0.6) is 0 Å². The van der Waals surface area contributed by atoms with Gasteiger partial charge in [-0.2, -0.15) is 0 Å². The fourth-order valence-corrected chi connectivity index (χ4v) is 1.83.